The highest BCUT2D eigenvalue weighted by Crippen LogP contribution is 2.25. The molecule has 5 nitrogen and oxygen atoms in total. The van der Waals surface area contributed by atoms with E-state index in [0.717, 1.165) is 47.2 Å². The number of nitrogens with zero attached hydrogens (tertiary/aromatic N) is 4. The molecule has 3 aromatic rings. The van der Waals surface area contributed by atoms with E-state index in [1.807, 2.05) is 48.4 Å². The maximum Gasteiger partial charge on any atom is 0.253 e. The van der Waals surface area contributed by atoms with Crippen LogP contribution in [0.4, 0.5) is 5.82 Å². The number of carbonyl (C=O) groups is 1. The lowest BCUT2D eigenvalue weighted by atomic mass is 10.1. The molecular weight excluding hydrogens is 368 g/mol. The van der Waals surface area contributed by atoms with Crippen LogP contribution in [-0.2, 0) is 6.42 Å². The predicted molar refractivity (Wildman–Crippen MR) is 114 cm³/mol. The predicted octanol–water partition coefficient (Wildman–Crippen LogP) is 4.04. The highest BCUT2D eigenvalue weighted by atomic mass is 32.1. The summed E-state index contributed by atoms with van der Waals surface area (Å²) in [6.07, 6.45) is 2.88. The van der Waals surface area contributed by atoms with Gasteiger partial charge < -0.3 is 9.80 Å². The molecule has 0 saturated carbocycles. The Hall–Kier alpha value is -2.73. The molecule has 0 radical (unpaired) electrons. The third-order valence-corrected chi connectivity index (χ3v) is 6.12. The molecule has 28 heavy (non-hydrogen) atoms. The Morgan fingerprint density at radius 2 is 1.82 bits per heavy atom. The zero-order valence-corrected chi connectivity index (χ0v) is 17.1. The number of carbonyl (C=O) groups excluding carboxylic acids is 1. The SMILES string of the molecule is CCc1ccc(C(=O)N2CCN(c3ccc(-c4nc(C)cs4)cn3)CC2)cc1. The van der Waals surface area contributed by atoms with Crippen LogP contribution in [0.25, 0.3) is 10.6 Å². The number of aromatic nitrogens is 2. The van der Waals surface area contributed by atoms with Crippen LogP contribution < -0.4 is 4.90 Å². The number of benzene rings is 1. The van der Waals surface area contributed by atoms with Crippen LogP contribution in [0.3, 0.4) is 0 Å². The minimum atomic E-state index is 0.116. The normalized spacial score (nSPS) is 14.4. The van der Waals surface area contributed by atoms with Crippen molar-refractivity contribution < 1.29 is 4.79 Å². The lowest BCUT2D eigenvalue weighted by Crippen LogP contribution is -2.49. The number of amides is 1. The summed E-state index contributed by atoms with van der Waals surface area (Å²) in [4.78, 5) is 26.0. The molecule has 1 amide bonds. The summed E-state index contributed by atoms with van der Waals surface area (Å²) in [6.45, 7) is 7.13. The second-order valence-corrected chi connectivity index (χ2v) is 7.89. The molecule has 1 saturated heterocycles. The number of aryl methyl sites for hydroxylation is 2. The molecule has 2 aromatic heterocycles. The maximum absolute atomic E-state index is 12.7. The first kappa shape index (κ1) is 18.6. The van der Waals surface area contributed by atoms with Gasteiger partial charge in [0.2, 0.25) is 0 Å². The molecule has 1 aromatic carbocycles. The van der Waals surface area contributed by atoms with E-state index in [9.17, 15) is 4.79 Å². The number of hydrogen-bond acceptors (Lipinski definition) is 5. The quantitative estimate of drug-likeness (QED) is 0.672. The van der Waals surface area contributed by atoms with Crippen molar-refractivity contribution in [3.63, 3.8) is 0 Å². The summed E-state index contributed by atoms with van der Waals surface area (Å²) < 4.78 is 0. The van der Waals surface area contributed by atoms with Crippen LogP contribution in [0.5, 0.6) is 0 Å². The van der Waals surface area contributed by atoms with Gasteiger partial charge in [0, 0.05) is 54.6 Å². The Bertz CT molecular complexity index is 941. The third-order valence-electron chi connectivity index (χ3n) is 5.11. The number of thiazole rings is 1. The monoisotopic (exact) mass is 392 g/mol. The van der Waals surface area contributed by atoms with Gasteiger partial charge in [0.25, 0.3) is 5.91 Å². The van der Waals surface area contributed by atoms with Crippen LogP contribution in [-0.4, -0.2) is 47.0 Å². The van der Waals surface area contributed by atoms with Gasteiger partial charge in [0.1, 0.15) is 10.8 Å². The number of pyridine rings is 1. The molecule has 0 aliphatic carbocycles. The molecule has 1 aliphatic heterocycles. The van der Waals surface area contributed by atoms with Gasteiger partial charge in [0.05, 0.1) is 0 Å². The van der Waals surface area contributed by atoms with Crippen LogP contribution in [0.15, 0.2) is 48.0 Å². The van der Waals surface area contributed by atoms with Gasteiger partial charge >= 0.3 is 0 Å². The lowest BCUT2D eigenvalue weighted by Gasteiger charge is -2.35. The van der Waals surface area contributed by atoms with Gasteiger partial charge in [-0.05, 0) is 43.2 Å². The largest absolute Gasteiger partial charge is 0.353 e. The van der Waals surface area contributed by atoms with Gasteiger partial charge in [-0.2, -0.15) is 0 Å². The number of rotatable bonds is 4. The minimum absolute atomic E-state index is 0.116. The molecule has 144 valence electrons. The smallest absolute Gasteiger partial charge is 0.253 e. The van der Waals surface area contributed by atoms with Crippen LogP contribution in [0, 0.1) is 6.92 Å². The average Bonchev–Trinajstić information content (AvgIpc) is 3.20. The van der Waals surface area contributed by atoms with Crippen molar-refractivity contribution in [2.75, 3.05) is 31.1 Å². The molecule has 1 fully saturated rings. The molecule has 0 bridgehead atoms. The second-order valence-electron chi connectivity index (χ2n) is 7.03. The fourth-order valence-electron chi connectivity index (χ4n) is 3.39. The first-order chi connectivity index (χ1) is 13.6. The Kier molecular flexibility index (Phi) is 5.39. The second kappa shape index (κ2) is 8.10. The van der Waals surface area contributed by atoms with Crippen LogP contribution in [0.2, 0.25) is 0 Å². The maximum atomic E-state index is 12.7. The highest BCUT2D eigenvalue weighted by molar-refractivity contribution is 7.13. The Morgan fingerprint density at radius 3 is 2.39 bits per heavy atom. The fraction of sp³-hybridized carbons (Fsp3) is 0.318. The van der Waals surface area contributed by atoms with Gasteiger partial charge in [-0.15, -0.1) is 11.3 Å². The van der Waals surface area contributed by atoms with Gasteiger partial charge in [-0.3, -0.25) is 4.79 Å². The molecule has 0 atom stereocenters. The Balaban J connectivity index is 1.37. The summed E-state index contributed by atoms with van der Waals surface area (Å²) in [7, 11) is 0. The molecule has 0 spiro atoms. The van der Waals surface area contributed by atoms with Gasteiger partial charge in [-0.25, -0.2) is 9.97 Å². The standard InChI is InChI=1S/C22H24N4OS/c1-3-17-4-6-18(7-5-17)22(27)26-12-10-25(11-13-26)20-9-8-19(14-23-20)21-24-16(2)15-28-21/h4-9,14-15H,3,10-13H2,1-2H3. The van der Waals surface area contributed by atoms with Crippen LogP contribution in [0.1, 0.15) is 28.5 Å². The average molecular weight is 393 g/mol. The van der Waals surface area contributed by atoms with Crippen molar-refractivity contribution in [3.8, 4) is 10.6 Å². The number of hydrogen-bond donors (Lipinski definition) is 0. The van der Waals surface area contributed by atoms with E-state index in [0.29, 0.717) is 13.1 Å². The summed E-state index contributed by atoms with van der Waals surface area (Å²) in [5.41, 5.74) is 4.11. The summed E-state index contributed by atoms with van der Waals surface area (Å²) in [5, 5.41) is 3.05. The highest BCUT2D eigenvalue weighted by Gasteiger charge is 2.23. The third kappa shape index (κ3) is 3.92. The van der Waals surface area contributed by atoms with Crippen molar-refractivity contribution in [3.05, 3.63) is 64.8 Å². The summed E-state index contributed by atoms with van der Waals surface area (Å²) in [6, 6.07) is 12.1. The van der Waals surface area contributed by atoms with E-state index in [4.69, 9.17) is 0 Å². The first-order valence-electron chi connectivity index (χ1n) is 9.66. The van der Waals surface area contributed by atoms with Crippen molar-refractivity contribution in [2.24, 2.45) is 0 Å². The van der Waals surface area contributed by atoms with Crippen LogP contribution >= 0.6 is 11.3 Å². The number of piperazine rings is 1. The molecule has 0 unspecified atom stereocenters. The van der Waals surface area contributed by atoms with E-state index in [1.54, 1.807) is 11.3 Å². The first-order valence-corrected chi connectivity index (χ1v) is 10.5. The van der Waals surface area contributed by atoms with E-state index < -0.39 is 0 Å². The van der Waals surface area contributed by atoms with Crippen molar-refractivity contribution >= 4 is 23.1 Å². The Labute approximate surface area is 169 Å². The van der Waals surface area contributed by atoms with E-state index in [1.165, 1.54) is 5.56 Å². The zero-order valence-electron chi connectivity index (χ0n) is 16.3. The summed E-state index contributed by atoms with van der Waals surface area (Å²) >= 11 is 1.64. The fourth-order valence-corrected chi connectivity index (χ4v) is 4.18. The number of anilines is 1. The summed E-state index contributed by atoms with van der Waals surface area (Å²) in [5.74, 6) is 1.07. The minimum Gasteiger partial charge on any atom is -0.353 e. The molecule has 0 N–H and O–H groups in total. The molecule has 6 heteroatoms. The molecule has 1 aliphatic rings. The van der Waals surface area contributed by atoms with E-state index >= 15 is 0 Å². The van der Waals surface area contributed by atoms with Gasteiger partial charge in [0.15, 0.2) is 0 Å². The van der Waals surface area contributed by atoms with Crippen molar-refractivity contribution in [1.29, 1.82) is 0 Å². The Morgan fingerprint density at radius 1 is 1.07 bits per heavy atom. The molecular formula is C22H24N4OS. The van der Waals surface area contributed by atoms with E-state index in [-0.39, 0.29) is 5.91 Å². The van der Waals surface area contributed by atoms with E-state index in [2.05, 4.69) is 33.2 Å². The molecule has 4 rings (SSSR count). The molecule has 3 heterocycles. The van der Waals surface area contributed by atoms with Crippen molar-refractivity contribution in [1.82, 2.24) is 14.9 Å². The topological polar surface area (TPSA) is 49.3 Å². The van der Waals surface area contributed by atoms with Crippen molar-refractivity contribution in [2.45, 2.75) is 20.3 Å². The lowest BCUT2D eigenvalue weighted by molar-refractivity contribution is 0.0746. The zero-order chi connectivity index (χ0) is 19.5. The van der Waals surface area contributed by atoms with Gasteiger partial charge in [-0.1, -0.05) is 19.1 Å².